The molecule has 1 aromatic carbocycles. The molecule has 22 heavy (non-hydrogen) atoms. The third kappa shape index (κ3) is 2.49. The maximum atomic E-state index is 12.4. The first-order valence-corrected chi connectivity index (χ1v) is 8.41. The number of nitrogens with one attached hydrogen (secondary N) is 1. The van der Waals surface area contributed by atoms with Crippen LogP contribution in [0.15, 0.2) is 36.5 Å². The second kappa shape index (κ2) is 5.71. The Morgan fingerprint density at radius 1 is 1.18 bits per heavy atom. The lowest BCUT2D eigenvalue weighted by molar-refractivity contribution is -0.126. The molecule has 1 aromatic heterocycles. The lowest BCUT2D eigenvalue weighted by atomic mass is 9.88. The minimum atomic E-state index is 0.278. The first kappa shape index (κ1) is 13.7. The molecule has 2 aliphatic rings. The Morgan fingerprint density at radius 3 is 2.91 bits per heavy atom. The van der Waals surface area contributed by atoms with Crippen LogP contribution in [0.3, 0.4) is 0 Å². The Balaban J connectivity index is 1.37. The van der Waals surface area contributed by atoms with E-state index in [0.717, 1.165) is 24.3 Å². The van der Waals surface area contributed by atoms with Gasteiger partial charge in [-0.2, -0.15) is 0 Å². The summed E-state index contributed by atoms with van der Waals surface area (Å²) in [5, 5.41) is 4.32. The molecular weight excluding hydrogens is 272 g/mol. The third-order valence-electron chi connectivity index (χ3n) is 5.48. The van der Waals surface area contributed by atoms with Gasteiger partial charge in [0.05, 0.1) is 5.52 Å². The van der Waals surface area contributed by atoms with E-state index in [1.807, 2.05) is 12.3 Å². The molecule has 2 aromatic rings. The van der Waals surface area contributed by atoms with Crippen LogP contribution in [0.1, 0.15) is 31.2 Å². The number of aromatic nitrogens is 1. The van der Waals surface area contributed by atoms with E-state index in [1.165, 1.54) is 30.2 Å². The topological polar surface area (TPSA) is 42.0 Å². The van der Waals surface area contributed by atoms with E-state index in [-0.39, 0.29) is 11.8 Å². The van der Waals surface area contributed by atoms with Crippen molar-refractivity contribution in [1.82, 2.24) is 10.3 Å². The number of hydrogen-bond donors (Lipinski definition) is 1. The number of amides is 1. The zero-order valence-electron chi connectivity index (χ0n) is 12.8. The summed E-state index contributed by atoms with van der Waals surface area (Å²) < 4.78 is 0. The molecule has 2 saturated carbocycles. The molecule has 114 valence electrons. The van der Waals surface area contributed by atoms with Gasteiger partial charge in [-0.05, 0) is 49.1 Å². The summed E-state index contributed by atoms with van der Waals surface area (Å²) in [7, 11) is 0. The molecule has 1 heterocycles. The van der Waals surface area contributed by atoms with Gasteiger partial charge in [-0.1, -0.05) is 30.7 Å². The zero-order valence-corrected chi connectivity index (χ0v) is 12.8. The van der Waals surface area contributed by atoms with Crippen molar-refractivity contribution in [3.8, 4) is 0 Å². The van der Waals surface area contributed by atoms with E-state index >= 15 is 0 Å². The molecule has 3 heteroatoms. The summed E-state index contributed by atoms with van der Waals surface area (Å²) in [5.41, 5.74) is 2.27. The highest BCUT2D eigenvalue weighted by Crippen LogP contribution is 2.48. The number of rotatable bonds is 4. The van der Waals surface area contributed by atoms with Gasteiger partial charge in [-0.3, -0.25) is 9.78 Å². The number of hydrogen-bond acceptors (Lipinski definition) is 2. The normalized spacial score (nSPS) is 26.5. The number of carbonyl (C=O) groups is 1. The quantitative estimate of drug-likeness (QED) is 0.940. The predicted molar refractivity (Wildman–Crippen MR) is 87.4 cm³/mol. The molecule has 2 bridgehead atoms. The molecule has 1 N–H and O–H groups in total. The van der Waals surface area contributed by atoms with Gasteiger partial charge in [-0.15, -0.1) is 0 Å². The minimum absolute atomic E-state index is 0.278. The first-order chi connectivity index (χ1) is 10.8. The smallest absolute Gasteiger partial charge is 0.223 e. The maximum Gasteiger partial charge on any atom is 0.223 e. The first-order valence-electron chi connectivity index (χ1n) is 8.41. The van der Waals surface area contributed by atoms with Gasteiger partial charge in [-0.25, -0.2) is 0 Å². The summed E-state index contributed by atoms with van der Waals surface area (Å²) in [6.07, 6.45) is 7.68. The fourth-order valence-corrected chi connectivity index (χ4v) is 4.39. The van der Waals surface area contributed by atoms with Gasteiger partial charge < -0.3 is 5.32 Å². The molecule has 0 radical (unpaired) electrons. The van der Waals surface area contributed by atoms with Crippen LogP contribution in [0.4, 0.5) is 0 Å². The van der Waals surface area contributed by atoms with E-state index in [1.54, 1.807) is 0 Å². The molecule has 0 spiro atoms. The molecule has 4 rings (SSSR count). The lowest BCUT2D eigenvalue weighted by Crippen LogP contribution is -2.34. The fraction of sp³-hybridized carbons (Fsp3) is 0.474. The van der Waals surface area contributed by atoms with Crippen molar-refractivity contribution < 1.29 is 4.79 Å². The van der Waals surface area contributed by atoms with Crippen molar-refractivity contribution in [3.63, 3.8) is 0 Å². The van der Waals surface area contributed by atoms with Gasteiger partial charge in [0.25, 0.3) is 0 Å². The van der Waals surface area contributed by atoms with Crippen LogP contribution in [-0.2, 0) is 11.2 Å². The van der Waals surface area contributed by atoms with Crippen LogP contribution >= 0.6 is 0 Å². The van der Waals surface area contributed by atoms with Gasteiger partial charge in [0.2, 0.25) is 5.91 Å². The van der Waals surface area contributed by atoms with Crippen molar-refractivity contribution in [2.75, 3.05) is 6.54 Å². The summed E-state index contributed by atoms with van der Waals surface area (Å²) in [6, 6.07) is 10.3. The van der Waals surface area contributed by atoms with Crippen molar-refractivity contribution in [1.29, 1.82) is 0 Å². The highest BCUT2D eigenvalue weighted by molar-refractivity contribution is 5.82. The van der Waals surface area contributed by atoms with E-state index < -0.39 is 0 Å². The van der Waals surface area contributed by atoms with Crippen LogP contribution in [-0.4, -0.2) is 17.4 Å². The van der Waals surface area contributed by atoms with E-state index in [2.05, 4.69) is 34.6 Å². The molecule has 0 aliphatic heterocycles. The second-order valence-electron chi connectivity index (χ2n) is 6.81. The van der Waals surface area contributed by atoms with Gasteiger partial charge in [0.15, 0.2) is 0 Å². The van der Waals surface area contributed by atoms with Crippen LogP contribution in [0.25, 0.3) is 10.9 Å². The Labute approximate surface area is 131 Å². The van der Waals surface area contributed by atoms with Crippen LogP contribution < -0.4 is 5.32 Å². The monoisotopic (exact) mass is 294 g/mol. The van der Waals surface area contributed by atoms with Gasteiger partial charge in [0, 0.05) is 24.0 Å². The fourth-order valence-electron chi connectivity index (χ4n) is 4.39. The largest absolute Gasteiger partial charge is 0.356 e. The standard InChI is InChI=1S/C19H22N2O/c22-19(17-12-13-6-7-16(17)11-13)21-10-8-15-4-1-3-14-5-2-9-20-18(14)15/h1-5,9,13,16-17H,6-8,10-12H2,(H,21,22)/t13-,16-,17+/m0/s1. The molecular formula is C19H22N2O. The van der Waals surface area contributed by atoms with Crippen molar-refractivity contribution in [3.05, 3.63) is 42.1 Å². The number of para-hydroxylation sites is 1. The molecule has 3 atom stereocenters. The van der Waals surface area contributed by atoms with Crippen LogP contribution in [0, 0.1) is 17.8 Å². The Bertz CT molecular complexity index is 691. The Hall–Kier alpha value is -1.90. The maximum absolute atomic E-state index is 12.4. The molecule has 1 amide bonds. The molecule has 2 fully saturated rings. The Kier molecular flexibility index (Phi) is 3.57. The van der Waals surface area contributed by atoms with Gasteiger partial charge >= 0.3 is 0 Å². The number of nitrogens with zero attached hydrogens (tertiary/aromatic N) is 1. The van der Waals surface area contributed by atoms with Crippen molar-refractivity contribution >= 4 is 16.8 Å². The van der Waals surface area contributed by atoms with Crippen molar-refractivity contribution in [2.45, 2.75) is 32.1 Å². The van der Waals surface area contributed by atoms with Crippen LogP contribution in [0.5, 0.6) is 0 Å². The lowest BCUT2D eigenvalue weighted by Gasteiger charge is -2.20. The van der Waals surface area contributed by atoms with Gasteiger partial charge in [0.1, 0.15) is 0 Å². The number of carbonyl (C=O) groups excluding carboxylic acids is 1. The molecule has 3 nitrogen and oxygen atoms in total. The second-order valence-corrected chi connectivity index (χ2v) is 6.81. The number of pyridine rings is 1. The Morgan fingerprint density at radius 2 is 2.09 bits per heavy atom. The summed E-state index contributed by atoms with van der Waals surface area (Å²) >= 11 is 0. The summed E-state index contributed by atoms with van der Waals surface area (Å²) in [6.45, 7) is 0.711. The van der Waals surface area contributed by atoms with Crippen molar-refractivity contribution in [2.24, 2.45) is 17.8 Å². The predicted octanol–water partition coefficient (Wildman–Crippen LogP) is 3.33. The number of fused-ring (bicyclic) bond motifs is 3. The highest BCUT2D eigenvalue weighted by Gasteiger charge is 2.42. The van der Waals surface area contributed by atoms with E-state index in [0.29, 0.717) is 12.5 Å². The molecule has 0 saturated heterocycles. The average molecular weight is 294 g/mol. The minimum Gasteiger partial charge on any atom is -0.356 e. The average Bonchev–Trinajstić information content (AvgIpc) is 3.18. The zero-order chi connectivity index (χ0) is 14.9. The van der Waals surface area contributed by atoms with E-state index in [9.17, 15) is 4.79 Å². The summed E-state index contributed by atoms with van der Waals surface area (Å²) in [4.78, 5) is 16.8. The molecule has 0 unspecified atom stereocenters. The highest BCUT2D eigenvalue weighted by atomic mass is 16.1. The number of benzene rings is 1. The van der Waals surface area contributed by atoms with Crippen LogP contribution in [0.2, 0.25) is 0 Å². The SMILES string of the molecule is O=C(NCCc1cccc2cccnc12)[C@@H]1C[C@H]2CC[C@H]1C2. The third-order valence-corrected chi connectivity index (χ3v) is 5.48. The van der Waals surface area contributed by atoms with E-state index in [4.69, 9.17) is 0 Å². The molecule has 2 aliphatic carbocycles. The summed E-state index contributed by atoms with van der Waals surface area (Å²) in [5.74, 6) is 2.04.